The Bertz CT molecular complexity index is 780. The highest BCUT2D eigenvalue weighted by Crippen LogP contribution is 2.30. The number of ether oxygens (including phenoxy) is 2. The number of methoxy groups -OCH3 is 2. The topological polar surface area (TPSA) is 135 Å². The first-order valence-electron chi connectivity index (χ1n) is 9.02. The van der Waals surface area contributed by atoms with Crippen molar-refractivity contribution in [2.24, 2.45) is 11.7 Å². The number of carbonyl (C=O) groups excluding carboxylic acids is 1. The monoisotopic (exact) mass is 431 g/mol. The van der Waals surface area contributed by atoms with Crippen LogP contribution in [0.5, 0.6) is 11.5 Å². The minimum absolute atomic E-state index is 0.131. The van der Waals surface area contributed by atoms with E-state index in [-0.39, 0.29) is 17.9 Å². The van der Waals surface area contributed by atoms with E-state index in [1.807, 2.05) is 0 Å². The number of hydrogen-bond acceptors (Lipinski definition) is 6. The van der Waals surface area contributed by atoms with E-state index in [2.05, 4.69) is 11.4 Å². The highest BCUT2D eigenvalue weighted by molar-refractivity contribution is 5.80. The molecule has 0 bridgehead atoms. The number of carboxylic acid groups (broad SMARTS) is 1. The van der Waals surface area contributed by atoms with E-state index in [0.717, 1.165) is 25.7 Å². The molecule has 166 valence electrons. The van der Waals surface area contributed by atoms with Crippen molar-refractivity contribution in [3.05, 3.63) is 23.8 Å². The summed E-state index contributed by atoms with van der Waals surface area (Å²) in [4.78, 5) is 21.3. The van der Waals surface area contributed by atoms with Crippen LogP contribution in [-0.4, -0.2) is 43.4 Å². The van der Waals surface area contributed by atoms with Gasteiger partial charge < -0.3 is 25.6 Å². The first-order chi connectivity index (χ1) is 14.0. The normalized spacial score (nSPS) is 19.4. The van der Waals surface area contributed by atoms with Gasteiger partial charge in [-0.1, -0.05) is 18.9 Å². The van der Waals surface area contributed by atoms with Crippen LogP contribution in [0.4, 0.5) is 13.2 Å². The van der Waals surface area contributed by atoms with Gasteiger partial charge in [0.2, 0.25) is 5.91 Å². The summed E-state index contributed by atoms with van der Waals surface area (Å²) in [5, 5.41) is 19.3. The van der Waals surface area contributed by atoms with Crippen LogP contribution >= 0.6 is 0 Å². The van der Waals surface area contributed by atoms with E-state index < -0.39 is 18.2 Å². The lowest BCUT2D eigenvalue weighted by atomic mass is 9.84. The van der Waals surface area contributed by atoms with E-state index in [9.17, 15) is 23.2 Å². The average molecular weight is 431 g/mol. The van der Waals surface area contributed by atoms with Gasteiger partial charge >= 0.3 is 12.1 Å². The number of nitrogens with two attached hydrogens (primary N) is 1. The molecule has 0 saturated heterocycles. The average Bonchev–Trinajstić information content (AvgIpc) is 2.71. The summed E-state index contributed by atoms with van der Waals surface area (Å²) < 4.78 is 42.2. The Morgan fingerprint density at radius 1 is 1.23 bits per heavy atom. The maximum Gasteiger partial charge on any atom is 0.490 e. The number of alkyl halides is 3. The first-order valence-corrected chi connectivity index (χ1v) is 9.02. The summed E-state index contributed by atoms with van der Waals surface area (Å²) in [7, 11) is 3.08. The van der Waals surface area contributed by atoms with Gasteiger partial charge in [-0.15, -0.1) is 0 Å². The summed E-state index contributed by atoms with van der Waals surface area (Å²) in [6.07, 6.45) is -1.40. The largest absolute Gasteiger partial charge is 0.493 e. The highest BCUT2D eigenvalue weighted by atomic mass is 19.4. The highest BCUT2D eigenvalue weighted by Gasteiger charge is 2.38. The fourth-order valence-corrected chi connectivity index (χ4v) is 2.96. The van der Waals surface area contributed by atoms with Crippen molar-refractivity contribution in [2.45, 2.75) is 43.9 Å². The molecule has 0 radical (unpaired) electrons. The zero-order chi connectivity index (χ0) is 22.9. The fraction of sp³-hybridized carbons (Fsp3) is 0.526. The van der Waals surface area contributed by atoms with Crippen LogP contribution in [0.2, 0.25) is 0 Å². The first kappa shape index (κ1) is 25.0. The van der Waals surface area contributed by atoms with Gasteiger partial charge in [0, 0.05) is 6.04 Å². The van der Waals surface area contributed by atoms with Gasteiger partial charge in [-0.2, -0.15) is 18.4 Å². The Kier molecular flexibility index (Phi) is 9.39. The maximum absolute atomic E-state index is 12.4. The zero-order valence-corrected chi connectivity index (χ0v) is 16.5. The van der Waals surface area contributed by atoms with Crippen LogP contribution in [0, 0.1) is 17.2 Å². The Hall–Kier alpha value is -3.00. The third-order valence-corrected chi connectivity index (χ3v) is 4.56. The second kappa shape index (κ2) is 11.3. The summed E-state index contributed by atoms with van der Waals surface area (Å²) in [5.74, 6) is -2.03. The molecule has 11 heteroatoms. The number of nitrogens with one attached hydrogen (secondary N) is 1. The number of rotatable bonds is 5. The zero-order valence-electron chi connectivity index (χ0n) is 16.5. The van der Waals surface area contributed by atoms with Gasteiger partial charge in [-0.25, -0.2) is 4.79 Å². The molecular formula is C19H24F3N3O5. The second-order valence-corrected chi connectivity index (χ2v) is 6.54. The number of carbonyl (C=O) groups is 2. The molecule has 1 aliphatic carbocycles. The van der Waals surface area contributed by atoms with Gasteiger partial charge in [-0.3, -0.25) is 4.79 Å². The third kappa shape index (κ3) is 7.11. The van der Waals surface area contributed by atoms with Crippen LogP contribution in [0.25, 0.3) is 0 Å². The van der Waals surface area contributed by atoms with Gasteiger partial charge in [0.15, 0.2) is 11.5 Å². The molecule has 30 heavy (non-hydrogen) atoms. The minimum atomic E-state index is -5.08. The van der Waals surface area contributed by atoms with Gasteiger partial charge in [0.05, 0.1) is 26.2 Å². The smallest absolute Gasteiger partial charge is 0.490 e. The lowest BCUT2D eigenvalue weighted by molar-refractivity contribution is -0.192. The number of benzene rings is 1. The number of hydrogen-bond donors (Lipinski definition) is 3. The number of carboxylic acids is 1. The quantitative estimate of drug-likeness (QED) is 0.652. The number of halogens is 3. The molecular weight excluding hydrogens is 407 g/mol. The Morgan fingerprint density at radius 2 is 1.80 bits per heavy atom. The summed E-state index contributed by atoms with van der Waals surface area (Å²) in [6, 6.07) is 6.42. The molecule has 1 fully saturated rings. The molecule has 3 atom stereocenters. The lowest BCUT2D eigenvalue weighted by Gasteiger charge is -2.28. The molecule has 0 aromatic heterocycles. The summed E-state index contributed by atoms with van der Waals surface area (Å²) >= 11 is 0. The fourth-order valence-electron chi connectivity index (χ4n) is 2.96. The van der Waals surface area contributed by atoms with Crippen molar-refractivity contribution in [1.29, 1.82) is 5.26 Å². The molecule has 0 aliphatic heterocycles. The predicted molar refractivity (Wildman–Crippen MR) is 99.7 cm³/mol. The third-order valence-electron chi connectivity index (χ3n) is 4.56. The summed E-state index contributed by atoms with van der Waals surface area (Å²) in [6.45, 7) is 0. The van der Waals surface area contributed by atoms with Crippen LogP contribution in [-0.2, 0) is 9.59 Å². The standard InChI is InChI=1S/C17H23N3O3.C2HF3O2/c1-22-15-8-7-11(9-16(15)23-2)14(10-18)20-17(21)12-5-3-4-6-13(12)19;3-2(4,5)1(6)7/h7-9,12-14H,3-6,19H2,1-2H3,(H,20,21);(H,6,7)/t12-,13+,14?;/m1./s1. The van der Waals surface area contributed by atoms with Crippen LogP contribution in [0.15, 0.2) is 18.2 Å². The number of amides is 1. The molecule has 8 nitrogen and oxygen atoms in total. The van der Waals surface area contributed by atoms with Crippen LogP contribution in [0.1, 0.15) is 37.3 Å². The van der Waals surface area contributed by atoms with E-state index in [1.54, 1.807) is 25.3 Å². The maximum atomic E-state index is 12.4. The van der Waals surface area contributed by atoms with E-state index in [4.69, 9.17) is 25.1 Å². The molecule has 4 N–H and O–H groups in total. The van der Waals surface area contributed by atoms with Crippen molar-refractivity contribution in [2.75, 3.05) is 14.2 Å². The van der Waals surface area contributed by atoms with Crippen molar-refractivity contribution >= 4 is 11.9 Å². The molecule has 1 aromatic carbocycles. The molecule has 2 rings (SSSR count). The van der Waals surface area contributed by atoms with Crippen LogP contribution in [0.3, 0.4) is 0 Å². The van der Waals surface area contributed by atoms with Crippen molar-refractivity contribution in [1.82, 2.24) is 5.32 Å². The Labute approximate surface area is 171 Å². The lowest BCUT2D eigenvalue weighted by Crippen LogP contribution is -2.44. The van der Waals surface area contributed by atoms with Crippen molar-refractivity contribution in [3.8, 4) is 17.6 Å². The molecule has 1 amide bonds. The van der Waals surface area contributed by atoms with E-state index in [0.29, 0.717) is 17.1 Å². The van der Waals surface area contributed by atoms with Gasteiger partial charge in [0.25, 0.3) is 0 Å². The summed E-state index contributed by atoms with van der Waals surface area (Å²) in [5.41, 5.74) is 6.69. The SMILES string of the molecule is COc1ccc(C(C#N)NC(=O)[C@@H]2CCCC[C@@H]2N)cc1OC.O=C(O)C(F)(F)F. The molecule has 1 unspecified atom stereocenters. The number of nitriles is 1. The van der Waals surface area contributed by atoms with Crippen molar-refractivity contribution < 1.29 is 37.3 Å². The molecule has 1 aliphatic rings. The molecule has 1 aromatic rings. The Balaban J connectivity index is 0.000000553. The molecule has 0 spiro atoms. The predicted octanol–water partition coefficient (Wildman–Crippen LogP) is 2.54. The van der Waals surface area contributed by atoms with Crippen LogP contribution < -0.4 is 20.5 Å². The van der Waals surface area contributed by atoms with Gasteiger partial charge in [0.1, 0.15) is 6.04 Å². The van der Waals surface area contributed by atoms with Gasteiger partial charge in [-0.05, 0) is 30.5 Å². The number of aliphatic carboxylic acids is 1. The molecule has 1 saturated carbocycles. The van der Waals surface area contributed by atoms with E-state index >= 15 is 0 Å². The van der Waals surface area contributed by atoms with E-state index in [1.165, 1.54) is 7.11 Å². The molecule has 0 heterocycles. The number of nitrogens with zero attached hydrogens (tertiary/aromatic N) is 1. The minimum Gasteiger partial charge on any atom is -0.493 e. The Morgan fingerprint density at radius 3 is 2.27 bits per heavy atom. The van der Waals surface area contributed by atoms with Crippen molar-refractivity contribution in [3.63, 3.8) is 0 Å². The second-order valence-electron chi connectivity index (χ2n) is 6.54.